The number of carboxylic acids is 1. The van der Waals surface area contributed by atoms with Gasteiger partial charge in [-0.3, -0.25) is 4.79 Å². The molecule has 0 spiro atoms. The Morgan fingerprint density at radius 2 is 1.73 bits per heavy atom. The molecular formula is C22H27ClF3NO3. The Bertz CT molecular complexity index is 890. The third kappa shape index (κ3) is 7.31. The van der Waals surface area contributed by atoms with Gasteiger partial charge in [-0.05, 0) is 68.5 Å². The first-order chi connectivity index (χ1) is 13.5. The van der Waals surface area contributed by atoms with Crippen LogP contribution in [0.5, 0.6) is 0 Å². The van der Waals surface area contributed by atoms with Gasteiger partial charge in [0.2, 0.25) is 0 Å². The van der Waals surface area contributed by atoms with Crippen molar-refractivity contribution >= 4 is 18.4 Å². The maximum Gasteiger partial charge on any atom is 0.303 e. The number of halogens is 4. The average molecular weight is 446 g/mol. The lowest BCUT2D eigenvalue weighted by Crippen LogP contribution is -2.43. The molecule has 0 aliphatic heterocycles. The molecule has 30 heavy (non-hydrogen) atoms. The summed E-state index contributed by atoms with van der Waals surface area (Å²) in [4.78, 5) is 10.7. The Morgan fingerprint density at radius 3 is 2.33 bits per heavy atom. The Kier molecular flexibility index (Phi) is 9.34. The van der Waals surface area contributed by atoms with Gasteiger partial charge in [0.15, 0.2) is 11.6 Å². The smallest absolute Gasteiger partial charge is 0.303 e. The molecular weight excluding hydrogens is 419 g/mol. The fourth-order valence-corrected chi connectivity index (χ4v) is 3.11. The lowest BCUT2D eigenvalue weighted by molar-refractivity contribution is -0.136. The van der Waals surface area contributed by atoms with Crippen LogP contribution in [-0.2, 0) is 17.6 Å². The van der Waals surface area contributed by atoms with Gasteiger partial charge in [0.05, 0.1) is 6.10 Å². The molecule has 2 rings (SSSR count). The number of aryl methyl sites for hydroxylation is 2. The second-order valence-corrected chi connectivity index (χ2v) is 7.92. The number of aliphatic hydroxyl groups excluding tert-OH is 1. The van der Waals surface area contributed by atoms with Crippen LogP contribution in [0.1, 0.15) is 48.6 Å². The third-order valence-corrected chi connectivity index (χ3v) is 4.76. The van der Waals surface area contributed by atoms with Crippen LogP contribution >= 0.6 is 12.4 Å². The third-order valence-electron chi connectivity index (χ3n) is 4.76. The van der Waals surface area contributed by atoms with Crippen LogP contribution < -0.4 is 5.32 Å². The second kappa shape index (κ2) is 10.8. The molecule has 0 aromatic heterocycles. The quantitative estimate of drug-likeness (QED) is 0.531. The number of rotatable bonds is 9. The molecule has 0 amide bonds. The van der Waals surface area contributed by atoms with Crippen LogP contribution in [0.25, 0.3) is 0 Å². The Hall–Kier alpha value is -2.09. The van der Waals surface area contributed by atoms with Crippen LogP contribution in [-0.4, -0.2) is 28.3 Å². The maximum absolute atomic E-state index is 14.2. The van der Waals surface area contributed by atoms with Gasteiger partial charge in [-0.25, -0.2) is 13.2 Å². The number of hydrogen-bond acceptors (Lipinski definition) is 3. The van der Waals surface area contributed by atoms with Gasteiger partial charge in [-0.15, -0.1) is 12.4 Å². The molecule has 0 saturated carbocycles. The summed E-state index contributed by atoms with van der Waals surface area (Å²) >= 11 is 0. The summed E-state index contributed by atoms with van der Waals surface area (Å²) in [5.74, 6) is -3.63. The van der Waals surface area contributed by atoms with Crippen molar-refractivity contribution in [2.24, 2.45) is 0 Å². The topological polar surface area (TPSA) is 69.6 Å². The van der Waals surface area contributed by atoms with Crippen LogP contribution in [0.15, 0.2) is 30.3 Å². The van der Waals surface area contributed by atoms with Gasteiger partial charge < -0.3 is 15.5 Å². The highest BCUT2D eigenvalue weighted by Crippen LogP contribution is 2.23. The number of aliphatic carboxylic acids is 1. The normalized spacial score (nSPS) is 12.4. The predicted molar refractivity (Wildman–Crippen MR) is 111 cm³/mol. The van der Waals surface area contributed by atoms with Crippen molar-refractivity contribution in [1.82, 2.24) is 5.32 Å². The fourth-order valence-electron chi connectivity index (χ4n) is 3.11. The van der Waals surface area contributed by atoms with Crippen molar-refractivity contribution < 1.29 is 28.2 Å². The average Bonchev–Trinajstić information content (AvgIpc) is 2.63. The molecule has 8 heteroatoms. The number of hydrogen-bond donors (Lipinski definition) is 3. The van der Waals surface area contributed by atoms with E-state index in [1.807, 2.05) is 19.9 Å². The maximum atomic E-state index is 14.2. The standard InChI is InChI=1S/C22H26F3NO3.ClH/c1-13-4-5-15(10-17(13)23)11-22(2,3)26-12-19(27)16-8-14(6-7-20(28)29)9-18(24)21(16)25;/h4-5,8-10,19,26-27H,6-7,11-12H2,1-3H3,(H,28,29);1H/t19-;/m1./s1. The van der Waals surface area contributed by atoms with E-state index in [-0.39, 0.29) is 43.2 Å². The summed E-state index contributed by atoms with van der Waals surface area (Å²) in [7, 11) is 0. The number of nitrogens with one attached hydrogen (secondary N) is 1. The molecule has 2 aromatic rings. The molecule has 0 aliphatic carbocycles. The number of benzene rings is 2. The van der Waals surface area contributed by atoms with Gasteiger partial charge >= 0.3 is 5.97 Å². The van der Waals surface area contributed by atoms with E-state index in [0.29, 0.717) is 17.5 Å². The van der Waals surface area contributed by atoms with E-state index in [0.717, 1.165) is 11.6 Å². The summed E-state index contributed by atoms with van der Waals surface area (Å²) in [6.07, 6.45) is -1.06. The highest BCUT2D eigenvalue weighted by Gasteiger charge is 2.23. The first-order valence-corrected chi connectivity index (χ1v) is 9.36. The Labute approximate surface area is 180 Å². The van der Waals surface area contributed by atoms with Gasteiger partial charge in [0.1, 0.15) is 5.82 Å². The van der Waals surface area contributed by atoms with Crippen molar-refractivity contribution in [3.8, 4) is 0 Å². The Balaban J connectivity index is 0.00000450. The van der Waals surface area contributed by atoms with Crippen LogP contribution in [0.4, 0.5) is 13.2 Å². The van der Waals surface area contributed by atoms with Crippen molar-refractivity contribution in [2.75, 3.05) is 6.54 Å². The van der Waals surface area contributed by atoms with Crippen molar-refractivity contribution in [3.63, 3.8) is 0 Å². The van der Waals surface area contributed by atoms with Crippen molar-refractivity contribution in [1.29, 1.82) is 0 Å². The zero-order valence-corrected chi connectivity index (χ0v) is 18.0. The fraction of sp³-hybridized carbons (Fsp3) is 0.409. The molecule has 2 aromatic carbocycles. The summed E-state index contributed by atoms with van der Waals surface area (Å²) in [5.41, 5.74) is 0.853. The molecule has 0 bridgehead atoms. The van der Waals surface area contributed by atoms with Gasteiger partial charge in [-0.2, -0.15) is 0 Å². The highest BCUT2D eigenvalue weighted by atomic mass is 35.5. The van der Waals surface area contributed by atoms with E-state index >= 15 is 0 Å². The van der Waals surface area contributed by atoms with Crippen molar-refractivity contribution in [3.05, 3.63) is 70.0 Å². The molecule has 0 fully saturated rings. The minimum absolute atomic E-state index is 0. The number of carboxylic acid groups (broad SMARTS) is 1. The lowest BCUT2D eigenvalue weighted by Gasteiger charge is -2.28. The number of β-amino-alcohol motifs (C(OH)–C–C–N with tert-alkyl or cyclic N) is 1. The van der Waals surface area contributed by atoms with E-state index in [1.54, 1.807) is 13.0 Å². The largest absolute Gasteiger partial charge is 0.481 e. The summed E-state index contributed by atoms with van der Waals surface area (Å²) < 4.78 is 41.8. The zero-order chi connectivity index (χ0) is 21.8. The minimum atomic E-state index is -1.33. The van der Waals surface area contributed by atoms with Crippen LogP contribution in [0.2, 0.25) is 0 Å². The van der Waals surface area contributed by atoms with E-state index < -0.39 is 29.2 Å². The minimum Gasteiger partial charge on any atom is -0.481 e. The number of aliphatic hydroxyl groups is 1. The summed E-state index contributed by atoms with van der Waals surface area (Å²) in [6, 6.07) is 7.19. The zero-order valence-electron chi connectivity index (χ0n) is 17.1. The van der Waals surface area contributed by atoms with Crippen LogP contribution in [0.3, 0.4) is 0 Å². The SMILES string of the molecule is Cc1ccc(CC(C)(C)NC[C@@H](O)c2cc(CCC(=O)O)cc(F)c2F)cc1F.Cl. The molecule has 0 unspecified atom stereocenters. The molecule has 3 N–H and O–H groups in total. The first kappa shape index (κ1) is 25.9. The van der Waals surface area contributed by atoms with E-state index in [1.165, 1.54) is 12.1 Å². The van der Waals surface area contributed by atoms with Crippen LogP contribution in [0, 0.1) is 24.4 Å². The first-order valence-electron chi connectivity index (χ1n) is 9.36. The Morgan fingerprint density at radius 1 is 1.10 bits per heavy atom. The van der Waals surface area contributed by atoms with Gasteiger partial charge in [0.25, 0.3) is 0 Å². The van der Waals surface area contributed by atoms with Gasteiger partial charge in [0, 0.05) is 24.1 Å². The molecule has 1 atom stereocenters. The molecule has 0 saturated heterocycles. The monoisotopic (exact) mass is 445 g/mol. The highest BCUT2D eigenvalue weighted by molar-refractivity contribution is 5.85. The summed E-state index contributed by atoms with van der Waals surface area (Å²) in [6.45, 7) is 5.34. The van der Waals surface area contributed by atoms with Gasteiger partial charge in [-0.1, -0.05) is 12.1 Å². The van der Waals surface area contributed by atoms with E-state index in [4.69, 9.17) is 5.11 Å². The summed E-state index contributed by atoms with van der Waals surface area (Å²) in [5, 5.41) is 22.2. The molecule has 4 nitrogen and oxygen atoms in total. The van der Waals surface area contributed by atoms with E-state index in [2.05, 4.69) is 5.32 Å². The second-order valence-electron chi connectivity index (χ2n) is 7.92. The predicted octanol–water partition coefficient (Wildman–Crippen LogP) is 4.50. The molecule has 0 radical (unpaired) electrons. The lowest BCUT2D eigenvalue weighted by atomic mass is 9.93. The molecule has 0 aliphatic rings. The van der Waals surface area contributed by atoms with E-state index in [9.17, 15) is 23.1 Å². The number of carbonyl (C=O) groups is 1. The molecule has 0 heterocycles. The van der Waals surface area contributed by atoms with Crippen molar-refractivity contribution in [2.45, 2.75) is 51.7 Å². The molecule has 166 valence electrons.